The number of ether oxygens (including phenoxy) is 2. The van der Waals surface area contributed by atoms with Gasteiger partial charge in [-0.2, -0.15) is 0 Å². The van der Waals surface area contributed by atoms with Crippen molar-refractivity contribution in [3.8, 4) is 5.75 Å². The summed E-state index contributed by atoms with van der Waals surface area (Å²) in [6, 6.07) is 6.77. The normalized spacial score (nSPS) is 19.3. The third-order valence-corrected chi connectivity index (χ3v) is 4.38. The molecular formula is C17H26ClNO3. The topological polar surface area (TPSA) is 50.7 Å². The van der Waals surface area contributed by atoms with Gasteiger partial charge in [0.1, 0.15) is 18.5 Å². The molecule has 1 aromatic carbocycles. The van der Waals surface area contributed by atoms with Gasteiger partial charge >= 0.3 is 0 Å². The maximum absolute atomic E-state index is 10.0. The zero-order valence-electron chi connectivity index (χ0n) is 12.9. The monoisotopic (exact) mass is 327 g/mol. The number of aliphatic hydroxyl groups is 1. The zero-order valence-corrected chi connectivity index (χ0v) is 13.7. The van der Waals surface area contributed by atoms with E-state index >= 15 is 0 Å². The molecule has 1 unspecified atom stereocenters. The van der Waals surface area contributed by atoms with Gasteiger partial charge in [-0.1, -0.05) is 6.07 Å². The van der Waals surface area contributed by atoms with Crippen LogP contribution in [0.2, 0.25) is 0 Å². The van der Waals surface area contributed by atoms with Crippen LogP contribution >= 0.6 is 12.4 Å². The Morgan fingerprint density at radius 3 is 2.82 bits per heavy atom. The van der Waals surface area contributed by atoms with E-state index in [0.717, 1.165) is 38.2 Å². The molecule has 1 fully saturated rings. The standard InChI is InChI=1S/C17H25NO3.ClH/c19-16(11-18-15-6-8-20-9-7-15)12-21-17-5-4-13-2-1-3-14(13)10-17;/h4-5,10,15-16,18-19H,1-3,6-9,11-12H2;1H. The van der Waals surface area contributed by atoms with Crippen molar-refractivity contribution >= 4 is 12.4 Å². The molecule has 0 aromatic heterocycles. The van der Waals surface area contributed by atoms with E-state index in [1.54, 1.807) is 0 Å². The molecule has 1 aliphatic heterocycles. The lowest BCUT2D eigenvalue weighted by atomic mass is 10.1. The summed E-state index contributed by atoms with van der Waals surface area (Å²) in [5, 5.41) is 13.4. The van der Waals surface area contributed by atoms with Crippen LogP contribution < -0.4 is 10.1 Å². The first-order chi connectivity index (χ1) is 10.3. The smallest absolute Gasteiger partial charge is 0.119 e. The first kappa shape index (κ1) is 17.5. The van der Waals surface area contributed by atoms with Crippen LogP contribution in [0.1, 0.15) is 30.4 Å². The van der Waals surface area contributed by atoms with Crippen LogP contribution in [0.5, 0.6) is 5.75 Å². The molecule has 5 heteroatoms. The molecule has 1 atom stereocenters. The minimum absolute atomic E-state index is 0. The highest BCUT2D eigenvalue weighted by Crippen LogP contribution is 2.26. The summed E-state index contributed by atoms with van der Waals surface area (Å²) in [5.74, 6) is 0.876. The molecule has 124 valence electrons. The van der Waals surface area contributed by atoms with Gasteiger partial charge in [0.2, 0.25) is 0 Å². The lowest BCUT2D eigenvalue weighted by molar-refractivity contribution is 0.0655. The summed E-state index contributed by atoms with van der Waals surface area (Å²) in [6.07, 6.45) is 5.17. The zero-order chi connectivity index (χ0) is 14.5. The van der Waals surface area contributed by atoms with Gasteiger partial charge in [-0.25, -0.2) is 0 Å². The van der Waals surface area contributed by atoms with Crippen LogP contribution in [0.3, 0.4) is 0 Å². The predicted molar refractivity (Wildman–Crippen MR) is 89.1 cm³/mol. The molecule has 2 aliphatic rings. The number of hydrogen-bond donors (Lipinski definition) is 2. The molecule has 4 nitrogen and oxygen atoms in total. The van der Waals surface area contributed by atoms with E-state index in [1.807, 2.05) is 6.07 Å². The number of nitrogens with one attached hydrogen (secondary N) is 1. The quantitative estimate of drug-likeness (QED) is 0.840. The molecule has 1 saturated heterocycles. The number of benzene rings is 1. The lowest BCUT2D eigenvalue weighted by Crippen LogP contribution is -2.40. The first-order valence-electron chi connectivity index (χ1n) is 8.05. The Balaban J connectivity index is 0.00000176. The summed E-state index contributed by atoms with van der Waals surface area (Å²) in [4.78, 5) is 0. The fourth-order valence-corrected chi connectivity index (χ4v) is 3.09. The van der Waals surface area contributed by atoms with Gasteiger partial charge < -0.3 is 19.9 Å². The van der Waals surface area contributed by atoms with Crippen molar-refractivity contribution in [1.29, 1.82) is 0 Å². The minimum Gasteiger partial charge on any atom is -0.491 e. The number of rotatable bonds is 6. The van der Waals surface area contributed by atoms with E-state index < -0.39 is 6.10 Å². The molecule has 0 saturated carbocycles. The van der Waals surface area contributed by atoms with Crippen molar-refractivity contribution in [1.82, 2.24) is 5.32 Å². The van der Waals surface area contributed by atoms with Crippen LogP contribution in [0.25, 0.3) is 0 Å². The molecule has 1 aliphatic carbocycles. The molecule has 0 radical (unpaired) electrons. The van der Waals surface area contributed by atoms with Crippen LogP contribution in [-0.2, 0) is 17.6 Å². The Labute approximate surface area is 138 Å². The lowest BCUT2D eigenvalue weighted by Gasteiger charge is -2.24. The molecule has 1 aromatic rings. The van der Waals surface area contributed by atoms with E-state index in [0.29, 0.717) is 19.2 Å². The maximum Gasteiger partial charge on any atom is 0.119 e. The third kappa shape index (κ3) is 4.85. The molecule has 22 heavy (non-hydrogen) atoms. The van der Waals surface area contributed by atoms with Gasteiger partial charge in [0.05, 0.1) is 0 Å². The SMILES string of the molecule is Cl.OC(CNC1CCOCC1)COc1ccc2c(c1)CCC2. The number of hydrogen-bond acceptors (Lipinski definition) is 4. The van der Waals surface area contributed by atoms with E-state index in [-0.39, 0.29) is 12.4 Å². The number of halogens is 1. The summed E-state index contributed by atoms with van der Waals surface area (Å²) in [7, 11) is 0. The summed E-state index contributed by atoms with van der Waals surface area (Å²) in [5.41, 5.74) is 2.85. The average molecular weight is 328 g/mol. The average Bonchev–Trinajstić information content (AvgIpc) is 2.99. The van der Waals surface area contributed by atoms with Crippen molar-refractivity contribution in [3.05, 3.63) is 29.3 Å². The summed E-state index contributed by atoms with van der Waals surface area (Å²) >= 11 is 0. The summed E-state index contributed by atoms with van der Waals surface area (Å²) < 4.78 is 11.0. The predicted octanol–water partition coefficient (Wildman–Crippen LogP) is 2.11. The molecule has 3 rings (SSSR count). The van der Waals surface area contributed by atoms with Crippen molar-refractivity contribution in [2.24, 2.45) is 0 Å². The first-order valence-corrected chi connectivity index (χ1v) is 8.05. The Hall–Kier alpha value is -0.810. The van der Waals surface area contributed by atoms with Gasteiger partial charge in [0.25, 0.3) is 0 Å². The van der Waals surface area contributed by atoms with Gasteiger partial charge in [-0.05, 0) is 55.4 Å². The van der Waals surface area contributed by atoms with Gasteiger partial charge in [-0.3, -0.25) is 0 Å². The highest BCUT2D eigenvalue weighted by atomic mass is 35.5. The number of fused-ring (bicyclic) bond motifs is 1. The van der Waals surface area contributed by atoms with E-state index in [2.05, 4.69) is 17.4 Å². The Kier molecular flexibility index (Phi) is 6.96. The van der Waals surface area contributed by atoms with Gasteiger partial charge in [-0.15, -0.1) is 12.4 Å². The summed E-state index contributed by atoms with van der Waals surface area (Å²) in [6.45, 7) is 2.56. The van der Waals surface area contributed by atoms with Crippen LogP contribution in [0.15, 0.2) is 18.2 Å². The second-order valence-corrected chi connectivity index (χ2v) is 6.04. The van der Waals surface area contributed by atoms with Crippen molar-refractivity contribution in [2.75, 3.05) is 26.4 Å². The van der Waals surface area contributed by atoms with E-state index in [4.69, 9.17) is 9.47 Å². The highest BCUT2D eigenvalue weighted by Gasteiger charge is 2.15. The Morgan fingerprint density at radius 1 is 1.23 bits per heavy atom. The highest BCUT2D eigenvalue weighted by molar-refractivity contribution is 5.85. The molecule has 2 N–H and O–H groups in total. The van der Waals surface area contributed by atoms with Crippen molar-refractivity contribution in [3.63, 3.8) is 0 Å². The van der Waals surface area contributed by atoms with Crippen LogP contribution in [0, 0.1) is 0 Å². The second kappa shape index (κ2) is 8.73. The molecule has 1 heterocycles. The van der Waals surface area contributed by atoms with E-state index in [1.165, 1.54) is 24.0 Å². The Bertz CT molecular complexity index is 463. The third-order valence-electron chi connectivity index (χ3n) is 4.38. The van der Waals surface area contributed by atoms with E-state index in [9.17, 15) is 5.11 Å². The van der Waals surface area contributed by atoms with Gasteiger partial charge in [0, 0.05) is 25.8 Å². The van der Waals surface area contributed by atoms with Gasteiger partial charge in [0.15, 0.2) is 0 Å². The fraction of sp³-hybridized carbons (Fsp3) is 0.647. The minimum atomic E-state index is -0.471. The molecular weight excluding hydrogens is 302 g/mol. The Morgan fingerprint density at radius 2 is 2.00 bits per heavy atom. The van der Waals surface area contributed by atoms with Crippen LogP contribution in [-0.4, -0.2) is 43.6 Å². The largest absolute Gasteiger partial charge is 0.491 e. The molecule has 0 spiro atoms. The number of aliphatic hydroxyl groups excluding tert-OH is 1. The van der Waals surface area contributed by atoms with Crippen molar-refractivity contribution < 1.29 is 14.6 Å². The molecule has 0 amide bonds. The molecule has 0 bridgehead atoms. The fourth-order valence-electron chi connectivity index (χ4n) is 3.09. The van der Waals surface area contributed by atoms with Crippen LogP contribution in [0.4, 0.5) is 0 Å². The maximum atomic E-state index is 10.0. The second-order valence-electron chi connectivity index (χ2n) is 6.04. The number of aryl methyl sites for hydroxylation is 2. The van der Waals surface area contributed by atoms with Crippen molar-refractivity contribution in [2.45, 2.75) is 44.2 Å².